The van der Waals surface area contributed by atoms with Crippen molar-refractivity contribution in [3.05, 3.63) is 198 Å². The van der Waals surface area contributed by atoms with Crippen molar-refractivity contribution in [1.82, 2.24) is 0 Å². The van der Waals surface area contributed by atoms with Gasteiger partial charge in [0.2, 0.25) is 0 Å². The van der Waals surface area contributed by atoms with E-state index in [9.17, 15) is 0 Å². The molecule has 0 spiro atoms. The van der Waals surface area contributed by atoms with Crippen LogP contribution in [0.4, 0.5) is 0 Å². The minimum Gasteiger partial charge on any atom is -0.186 e. The summed E-state index contributed by atoms with van der Waals surface area (Å²) in [6, 6.07) is 61.8. The minimum atomic E-state index is -1.22. The SMILES string of the molecule is CS(Cc1ccccc1)(c1ccccc1)c1ccc(Sc2ccc([C-](Cc3ccccc3)c3ccccc3)cc2)cc1. The molecule has 208 valence electrons. The fourth-order valence-corrected chi connectivity index (χ4v) is 9.19. The molecular formula is C40H35S2-. The van der Waals surface area contributed by atoms with Crippen molar-refractivity contribution in [2.45, 2.75) is 31.8 Å². The Hall–Kier alpha value is -4.11. The van der Waals surface area contributed by atoms with E-state index in [1.807, 2.05) is 11.8 Å². The Morgan fingerprint density at radius 3 is 1.45 bits per heavy atom. The van der Waals surface area contributed by atoms with E-state index < -0.39 is 10.0 Å². The highest BCUT2D eigenvalue weighted by atomic mass is 32.3. The highest BCUT2D eigenvalue weighted by Crippen LogP contribution is 2.61. The lowest BCUT2D eigenvalue weighted by Crippen LogP contribution is -2.06. The molecule has 6 aromatic rings. The van der Waals surface area contributed by atoms with Crippen molar-refractivity contribution >= 4 is 21.8 Å². The normalized spacial score (nSPS) is 13.2. The topological polar surface area (TPSA) is 0 Å². The predicted molar refractivity (Wildman–Crippen MR) is 182 cm³/mol. The van der Waals surface area contributed by atoms with Gasteiger partial charge in [-0.3, -0.25) is 0 Å². The van der Waals surface area contributed by atoms with Crippen molar-refractivity contribution in [3.63, 3.8) is 0 Å². The molecule has 0 aliphatic heterocycles. The molecule has 0 saturated heterocycles. The van der Waals surface area contributed by atoms with E-state index in [1.54, 1.807) is 0 Å². The van der Waals surface area contributed by atoms with E-state index in [2.05, 4.69) is 176 Å². The molecule has 0 N–H and O–H groups in total. The van der Waals surface area contributed by atoms with Gasteiger partial charge in [-0.15, -0.1) is 41.3 Å². The van der Waals surface area contributed by atoms with Gasteiger partial charge in [0, 0.05) is 10.6 Å². The number of rotatable bonds is 10. The first-order valence-electron chi connectivity index (χ1n) is 14.4. The van der Waals surface area contributed by atoms with Gasteiger partial charge in [-0.2, -0.15) is 10.0 Å². The zero-order chi connectivity index (χ0) is 28.6. The van der Waals surface area contributed by atoms with Crippen molar-refractivity contribution in [3.8, 4) is 0 Å². The van der Waals surface area contributed by atoms with Gasteiger partial charge in [-0.1, -0.05) is 127 Å². The van der Waals surface area contributed by atoms with Gasteiger partial charge >= 0.3 is 0 Å². The Morgan fingerprint density at radius 2 is 0.881 bits per heavy atom. The van der Waals surface area contributed by atoms with Crippen molar-refractivity contribution in [1.29, 1.82) is 0 Å². The Bertz CT molecular complexity index is 1660. The van der Waals surface area contributed by atoms with E-state index in [-0.39, 0.29) is 0 Å². The third-order valence-corrected chi connectivity index (χ3v) is 12.2. The Labute approximate surface area is 256 Å². The number of hydrogen-bond acceptors (Lipinski definition) is 1. The zero-order valence-electron chi connectivity index (χ0n) is 23.9. The molecule has 0 heterocycles. The summed E-state index contributed by atoms with van der Waals surface area (Å²) in [7, 11) is -1.22. The smallest absolute Gasteiger partial charge is 0.0122 e. The van der Waals surface area contributed by atoms with Crippen molar-refractivity contribution in [2.24, 2.45) is 0 Å². The molecule has 0 aliphatic rings. The lowest BCUT2D eigenvalue weighted by molar-refractivity contribution is 1.02. The molecule has 0 nitrogen and oxygen atoms in total. The molecule has 0 aliphatic carbocycles. The summed E-state index contributed by atoms with van der Waals surface area (Å²) < 4.78 is 0. The van der Waals surface area contributed by atoms with Crippen LogP contribution in [0.2, 0.25) is 0 Å². The fraction of sp³-hybridized carbons (Fsp3) is 0.0750. The fourth-order valence-electron chi connectivity index (χ4n) is 5.41. The average molecular weight is 580 g/mol. The number of hydrogen-bond donors (Lipinski definition) is 0. The first kappa shape index (κ1) is 28.0. The molecule has 2 heteroatoms. The van der Waals surface area contributed by atoms with Crippen molar-refractivity contribution < 1.29 is 0 Å². The van der Waals surface area contributed by atoms with Crippen molar-refractivity contribution in [2.75, 3.05) is 6.26 Å². The van der Waals surface area contributed by atoms with Gasteiger partial charge in [0.25, 0.3) is 0 Å². The third-order valence-electron chi connectivity index (χ3n) is 7.69. The van der Waals surface area contributed by atoms with Gasteiger partial charge in [0.15, 0.2) is 0 Å². The second-order valence-corrected chi connectivity index (χ2v) is 15.2. The molecule has 0 amide bonds. The van der Waals surface area contributed by atoms with Gasteiger partial charge in [-0.05, 0) is 69.3 Å². The van der Waals surface area contributed by atoms with Crippen LogP contribution in [-0.2, 0) is 12.2 Å². The highest BCUT2D eigenvalue weighted by molar-refractivity contribution is 8.32. The summed E-state index contributed by atoms with van der Waals surface area (Å²) in [5, 5.41) is 0. The average Bonchev–Trinajstić information content (AvgIpc) is 3.06. The number of benzene rings is 6. The lowest BCUT2D eigenvalue weighted by atomic mass is 9.86. The molecule has 0 fully saturated rings. The monoisotopic (exact) mass is 579 g/mol. The van der Waals surface area contributed by atoms with Crippen LogP contribution >= 0.6 is 21.8 Å². The van der Waals surface area contributed by atoms with Crippen LogP contribution in [0.1, 0.15) is 22.3 Å². The second-order valence-electron chi connectivity index (χ2n) is 10.6. The second kappa shape index (κ2) is 13.2. The van der Waals surface area contributed by atoms with E-state index in [0.29, 0.717) is 0 Å². The van der Waals surface area contributed by atoms with Crippen LogP contribution in [-0.4, -0.2) is 6.26 Å². The zero-order valence-corrected chi connectivity index (χ0v) is 25.5. The minimum absolute atomic E-state index is 0.907. The van der Waals surface area contributed by atoms with Crippen LogP contribution < -0.4 is 0 Å². The van der Waals surface area contributed by atoms with E-state index in [1.165, 1.54) is 47.8 Å². The van der Waals surface area contributed by atoms with Crippen LogP contribution in [0.15, 0.2) is 189 Å². The van der Waals surface area contributed by atoms with Gasteiger partial charge < -0.3 is 0 Å². The van der Waals surface area contributed by atoms with E-state index >= 15 is 0 Å². The molecule has 0 radical (unpaired) electrons. The van der Waals surface area contributed by atoms with E-state index in [0.717, 1.165) is 12.2 Å². The Morgan fingerprint density at radius 1 is 0.452 bits per heavy atom. The maximum atomic E-state index is 2.45. The lowest BCUT2D eigenvalue weighted by Gasteiger charge is -2.37. The summed E-state index contributed by atoms with van der Waals surface area (Å²) >= 11 is 1.83. The molecule has 1 atom stereocenters. The maximum Gasteiger partial charge on any atom is 0.0122 e. The van der Waals surface area contributed by atoms with Gasteiger partial charge in [0.05, 0.1) is 0 Å². The first-order chi connectivity index (χ1) is 20.7. The molecule has 0 bridgehead atoms. The van der Waals surface area contributed by atoms with Crippen LogP contribution in [0, 0.1) is 5.92 Å². The van der Waals surface area contributed by atoms with E-state index in [4.69, 9.17) is 0 Å². The molecule has 6 rings (SSSR count). The third kappa shape index (κ3) is 6.68. The van der Waals surface area contributed by atoms with Crippen LogP contribution in [0.3, 0.4) is 0 Å². The molecular weight excluding hydrogens is 545 g/mol. The summed E-state index contributed by atoms with van der Waals surface area (Å²) in [6.45, 7) is 0. The van der Waals surface area contributed by atoms with Crippen LogP contribution in [0.5, 0.6) is 0 Å². The highest BCUT2D eigenvalue weighted by Gasteiger charge is 2.24. The largest absolute Gasteiger partial charge is 0.186 e. The molecule has 1 unspecified atom stereocenters. The summed E-state index contributed by atoms with van der Waals surface area (Å²) in [5.41, 5.74) is 5.26. The molecule has 42 heavy (non-hydrogen) atoms. The Kier molecular flexibility index (Phi) is 8.84. The van der Waals surface area contributed by atoms with Crippen LogP contribution in [0.25, 0.3) is 0 Å². The van der Waals surface area contributed by atoms with Gasteiger partial charge in [0.1, 0.15) is 0 Å². The quantitative estimate of drug-likeness (QED) is 0.145. The standard InChI is InChI=1S/C40H35S2/c1-42(38-20-12-5-13-21-38,31-33-16-8-3-9-17-33)39-28-26-37(27-29-39)41-36-24-22-35(23-25-36)40(34-18-10-4-11-19-34)30-32-14-6-2-7-15-32/h2-29H,30-31H2,1H3/q-1. The summed E-state index contributed by atoms with van der Waals surface area (Å²) in [5.74, 6) is 2.39. The predicted octanol–water partition coefficient (Wildman–Crippen LogP) is 11.1. The molecule has 0 aromatic heterocycles. The first-order valence-corrected chi connectivity index (χ1v) is 17.4. The Balaban J connectivity index is 1.22. The summed E-state index contributed by atoms with van der Waals surface area (Å²) in [6.07, 6.45) is 3.36. The molecule has 0 saturated carbocycles. The maximum absolute atomic E-state index is 2.45. The summed E-state index contributed by atoms with van der Waals surface area (Å²) in [4.78, 5) is 5.35. The molecule has 6 aromatic carbocycles. The van der Waals surface area contributed by atoms with Gasteiger partial charge in [-0.25, -0.2) is 0 Å².